The molecule has 3 heteroatoms. The summed E-state index contributed by atoms with van der Waals surface area (Å²) in [7, 11) is 1.71. The molecule has 0 saturated carbocycles. The average molecular weight is 236 g/mol. The van der Waals surface area contributed by atoms with Gasteiger partial charge >= 0.3 is 5.97 Å². The molecule has 0 saturated heterocycles. The monoisotopic (exact) mass is 236 g/mol. The maximum absolute atomic E-state index is 10.6. The summed E-state index contributed by atoms with van der Waals surface area (Å²) in [5, 5.41) is 8.68. The number of ether oxygens (including phenoxy) is 1. The molecule has 0 aliphatic carbocycles. The Balaban J connectivity index is 2.67. The Bertz CT molecular complexity index is 343. The number of hydrogen-bond acceptors (Lipinski definition) is 2. The predicted octanol–water partition coefficient (Wildman–Crippen LogP) is 3.19. The van der Waals surface area contributed by atoms with E-state index in [0.29, 0.717) is 0 Å². The molecule has 1 aromatic carbocycles. The zero-order chi connectivity index (χ0) is 12.7. The van der Waals surface area contributed by atoms with Gasteiger partial charge in [0.05, 0.1) is 12.5 Å². The van der Waals surface area contributed by atoms with Crippen molar-refractivity contribution in [3.8, 4) is 0 Å². The molecule has 0 unspecified atom stereocenters. The first kappa shape index (κ1) is 13.7. The Morgan fingerprint density at radius 2 is 2.00 bits per heavy atom. The largest absolute Gasteiger partial charge is 0.481 e. The highest BCUT2D eigenvalue weighted by molar-refractivity contribution is 5.70. The van der Waals surface area contributed by atoms with Gasteiger partial charge in [0, 0.05) is 7.11 Å². The molecule has 3 nitrogen and oxygen atoms in total. The summed E-state index contributed by atoms with van der Waals surface area (Å²) >= 11 is 0. The number of benzene rings is 1. The van der Waals surface area contributed by atoms with Gasteiger partial charge in [0.25, 0.3) is 0 Å². The van der Waals surface area contributed by atoms with Crippen molar-refractivity contribution in [3.05, 3.63) is 35.4 Å². The van der Waals surface area contributed by atoms with Crippen molar-refractivity contribution in [3.63, 3.8) is 0 Å². The standard InChI is InChI=1S/C14H20O3/c1-3-4-5-13(17-2)12-8-6-11(7-9-12)10-14(15)16/h6-9,13H,3-5,10H2,1-2H3,(H,15,16)/t13-/m0/s1. The van der Waals surface area contributed by atoms with Crippen LogP contribution in [-0.4, -0.2) is 18.2 Å². The molecule has 0 radical (unpaired) electrons. The third-order valence-electron chi connectivity index (χ3n) is 2.81. The van der Waals surface area contributed by atoms with Crippen LogP contribution in [0.4, 0.5) is 0 Å². The molecular formula is C14H20O3. The van der Waals surface area contributed by atoms with Crippen LogP contribution < -0.4 is 0 Å². The Labute approximate surface area is 102 Å². The van der Waals surface area contributed by atoms with Crippen LogP contribution in [0.2, 0.25) is 0 Å². The highest BCUT2D eigenvalue weighted by Gasteiger charge is 2.10. The van der Waals surface area contributed by atoms with E-state index in [-0.39, 0.29) is 12.5 Å². The van der Waals surface area contributed by atoms with Crippen molar-refractivity contribution in [2.24, 2.45) is 0 Å². The summed E-state index contributed by atoms with van der Waals surface area (Å²) in [6, 6.07) is 7.65. The third-order valence-corrected chi connectivity index (χ3v) is 2.81. The molecule has 1 atom stereocenters. The fourth-order valence-corrected chi connectivity index (χ4v) is 1.83. The highest BCUT2D eigenvalue weighted by atomic mass is 16.5. The summed E-state index contributed by atoms with van der Waals surface area (Å²) in [4.78, 5) is 10.6. The number of carboxylic acids is 1. The van der Waals surface area contributed by atoms with Crippen molar-refractivity contribution in [1.82, 2.24) is 0 Å². The van der Waals surface area contributed by atoms with E-state index in [1.807, 2.05) is 24.3 Å². The van der Waals surface area contributed by atoms with E-state index in [2.05, 4.69) is 6.92 Å². The molecule has 0 amide bonds. The predicted molar refractivity (Wildman–Crippen MR) is 67.1 cm³/mol. The average Bonchev–Trinajstić information content (AvgIpc) is 2.31. The summed E-state index contributed by atoms with van der Waals surface area (Å²) in [6.07, 6.45) is 3.48. The second-order valence-corrected chi connectivity index (χ2v) is 4.18. The Morgan fingerprint density at radius 3 is 2.47 bits per heavy atom. The molecule has 0 aliphatic heterocycles. The topological polar surface area (TPSA) is 46.5 Å². The lowest BCUT2D eigenvalue weighted by Crippen LogP contribution is -2.03. The lowest BCUT2D eigenvalue weighted by molar-refractivity contribution is -0.136. The van der Waals surface area contributed by atoms with Crippen molar-refractivity contribution >= 4 is 5.97 Å². The molecule has 0 bridgehead atoms. The van der Waals surface area contributed by atoms with Gasteiger partial charge in [-0.25, -0.2) is 0 Å². The Hall–Kier alpha value is -1.35. The quantitative estimate of drug-likeness (QED) is 0.790. The number of unbranched alkanes of at least 4 members (excludes halogenated alkanes) is 1. The molecule has 1 rings (SSSR count). The van der Waals surface area contributed by atoms with Crippen LogP contribution in [-0.2, 0) is 16.0 Å². The lowest BCUT2D eigenvalue weighted by atomic mass is 10.0. The van der Waals surface area contributed by atoms with Crippen LogP contribution in [0.1, 0.15) is 43.4 Å². The normalized spacial score (nSPS) is 12.4. The molecule has 1 aromatic rings. The van der Waals surface area contributed by atoms with Crippen molar-refractivity contribution < 1.29 is 14.6 Å². The second kappa shape index (κ2) is 7.07. The van der Waals surface area contributed by atoms with E-state index in [1.54, 1.807) is 7.11 Å². The van der Waals surface area contributed by atoms with E-state index in [4.69, 9.17) is 9.84 Å². The van der Waals surface area contributed by atoms with Gasteiger partial charge in [0.2, 0.25) is 0 Å². The van der Waals surface area contributed by atoms with Crippen molar-refractivity contribution in [2.45, 2.75) is 38.7 Å². The van der Waals surface area contributed by atoms with Gasteiger partial charge in [-0.05, 0) is 17.5 Å². The molecular weight excluding hydrogens is 216 g/mol. The fourth-order valence-electron chi connectivity index (χ4n) is 1.83. The minimum absolute atomic E-state index is 0.0763. The van der Waals surface area contributed by atoms with Gasteiger partial charge in [-0.3, -0.25) is 4.79 Å². The molecule has 17 heavy (non-hydrogen) atoms. The minimum atomic E-state index is -0.799. The molecule has 94 valence electrons. The maximum atomic E-state index is 10.6. The number of rotatable bonds is 7. The SMILES string of the molecule is CCCC[C@H](OC)c1ccc(CC(=O)O)cc1. The van der Waals surface area contributed by atoms with Crippen molar-refractivity contribution in [2.75, 3.05) is 7.11 Å². The first-order valence-electron chi connectivity index (χ1n) is 6.00. The van der Waals surface area contributed by atoms with Crippen LogP contribution in [0.3, 0.4) is 0 Å². The summed E-state index contributed by atoms with van der Waals surface area (Å²) in [5.41, 5.74) is 1.95. The van der Waals surface area contributed by atoms with E-state index in [0.717, 1.165) is 30.4 Å². The first-order chi connectivity index (χ1) is 8.17. The van der Waals surface area contributed by atoms with E-state index in [1.165, 1.54) is 0 Å². The number of hydrogen-bond donors (Lipinski definition) is 1. The summed E-state index contributed by atoms with van der Waals surface area (Å²) in [6.45, 7) is 2.16. The van der Waals surface area contributed by atoms with E-state index >= 15 is 0 Å². The number of aliphatic carboxylic acids is 1. The van der Waals surface area contributed by atoms with Gasteiger partial charge in [0.1, 0.15) is 0 Å². The van der Waals surface area contributed by atoms with Crippen LogP contribution >= 0.6 is 0 Å². The van der Waals surface area contributed by atoms with Crippen LogP contribution in [0.15, 0.2) is 24.3 Å². The van der Waals surface area contributed by atoms with Gasteiger partial charge < -0.3 is 9.84 Å². The van der Waals surface area contributed by atoms with E-state index < -0.39 is 5.97 Å². The highest BCUT2D eigenvalue weighted by Crippen LogP contribution is 2.23. The van der Waals surface area contributed by atoms with Crippen LogP contribution in [0, 0.1) is 0 Å². The minimum Gasteiger partial charge on any atom is -0.481 e. The van der Waals surface area contributed by atoms with Gasteiger partial charge in [-0.2, -0.15) is 0 Å². The van der Waals surface area contributed by atoms with Crippen molar-refractivity contribution in [1.29, 1.82) is 0 Å². The van der Waals surface area contributed by atoms with Crippen LogP contribution in [0.25, 0.3) is 0 Å². The number of carbonyl (C=O) groups is 1. The molecule has 1 N–H and O–H groups in total. The summed E-state index contributed by atoms with van der Waals surface area (Å²) < 4.78 is 5.44. The van der Waals surface area contributed by atoms with Gasteiger partial charge in [-0.15, -0.1) is 0 Å². The zero-order valence-corrected chi connectivity index (χ0v) is 10.5. The smallest absolute Gasteiger partial charge is 0.307 e. The van der Waals surface area contributed by atoms with Gasteiger partial charge in [0.15, 0.2) is 0 Å². The fraction of sp³-hybridized carbons (Fsp3) is 0.500. The molecule has 0 heterocycles. The molecule has 0 spiro atoms. The Kier molecular flexibility index (Phi) is 5.70. The second-order valence-electron chi connectivity index (χ2n) is 4.18. The maximum Gasteiger partial charge on any atom is 0.307 e. The lowest BCUT2D eigenvalue weighted by Gasteiger charge is -2.15. The van der Waals surface area contributed by atoms with Gasteiger partial charge in [-0.1, -0.05) is 44.0 Å². The number of carboxylic acid groups (broad SMARTS) is 1. The van der Waals surface area contributed by atoms with E-state index in [9.17, 15) is 4.79 Å². The molecule has 0 fully saturated rings. The number of methoxy groups -OCH3 is 1. The van der Waals surface area contributed by atoms with Crippen LogP contribution in [0.5, 0.6) is 0 Å². The first-order valence-corrected chi connectivity index (χ1v) is 6.00. The molecule has 0 aliphatic rings. The molecule has 0 aromatic heterocycles. The summed E-state index contributed by atoms with van der Waals surface area (Å²) in [5.74, 6) is -0.799. The Morgan fingerprint density at radius 1 is 1.35 bits per heavy atom. The zero-order valence-electron chi connectivity index (χ0n) is 10.5. The third kappa shape index (κ3) is 4.57.